The van der Waals surface area contributed by atoms with Crippen molar-refractivity contribution in [3.63, 3.8) is 0 Å². The number of amides is 2. The summed E-state index contributed by atoms with van der Waals surface area (Å²) in [5.74, 6) is -1.15. The summed E-state index contributed by atoms with van der Waals surface area (Å²) >= 11 is 5.86. The highest BCUT2D eigenvalue weighted by atomic mass is 35.5. The summed E-state index contributed by atoms with van der Waals surface area (Å²) in [5.41, 5.74) is 1.25. The van der Waals surface area contributed by atoms with Crippen molar-refractivity contribution in [2.24, 2.45) is 0 Å². The van der Waals surface area contributed by atoms with Crippen molar-refractivity contribution in [2.75, 3.05) is 57.7 Å². The van der Waals surface area contributed by atoms with E-state index in [9.17, 15) is 19.5 Å². The van der Waals surface area contributed by atoms with Crippen molar-refractivity contribution in [1.29, 1.82) is 0 Å². The molecule has 2 aromatic carbocycles. The number of para-hydroxylation sites is 1. The van der Waals surface area contributed by atoms with Gasteiger partial charge in [-0.15, -0.1) is 0 Å². The second-order valence-corrected chi connectivity index (χ2v) is 10.2. The van der Waals surface area contributed by atoms with E-state index < -0.39 is 11.8 Å². The van der Waals surface area contributed by atoms with Gasteiger partial charge >= 0.3 is 0 Å². The average Bonchev–Trinajstić information content (AvgIpc) is 3.03. The molecule has 0 saturated carbocycles. The monoisotopic (exact) mass is 619 g/mol. The number of carbonyl (C=O) groups excluding carboxylic acids is 2. The third-order valence-electron chi connectivity index (χ3n) is 6.85. The molecular weight excluding hydrogens is 586 g/mol. The molecule has 0 aliphatic rings. The lowest BCUT2D eigenvalue weighted by Crippen LogP contribution is -2.35. The maximum atomic E-state index is 13.3. The van der Waals surface area contributed by atoms with Crippen LogP contribution < -0.4 is 16.2 Å². The number of phenolic OH excluding ortho intramolecular Hbond substituents is 1. The van der Waals surface area contributed by atoms with E-state index in [2.05, 4.69) is 20.5 Å². The van der Waals surface area contributed by atoms with E-state index in [1.807, 2.05) is 6.07 Å². The molecule has 2 aromatic heterocycles. The fraction of sp³-hybridized carbons (Fsp3) is 0.250. The lowest BCUT2D eigenvalue weighted by atomic mass is 10.0. The Hall–Kier alpha value is -4.55. The molecule has 0 aliphatic carbocycles. The number of pyridine rings is 2. The fourth-order valence-electron chi connectivity index (χ4n) is 4.44. The highest BCUT2D eigenvalue weighted by Crippen LogP contribution is 2.29. The van der Waals surface area contributed by atoms with Gasteiger partial charge in [0, 0.05) is 63.9 Å². The molecule has 4 rings (SSSR count). The first kappa shape index (κ1) is 32.4. The summed E-state index contributed by atoms with van der Waals surface area (Å²) in [7, 11) is 3.31. The van der Waals surface area contributed by atoms with Crippen molar-refractivity contribution in [1.82, 2.24) is 14.5 Å². The Morgan fingerprint density at radius 1 is 0.909 bits per heavy atom. The second kappa shape index (κ2) is 15.8. The molecule has 0 aliphatic heterocycles. The van der Waals surface area contributed by atoms with Crippen LogP contribution in [0, 0.1) is 0 Å². The molecule has 11 nitrogen and oxygen atoms in total. The lowest BCUT2D eigenvalue weighted by molar-refractivity contribution is 0.102. The number of halogens is 1. The Labute approximate surface area is 260 Å². The summed E-state index contributed by atoms with van der Waals surface area (Å²) in [6.45, 7) is 3.76. The van der Waals surface area contributed by atoms with E-state index >= 15 is 0 Å². The van der Waals surface area contributed by atoms with Gasteiger partial charge in [0.15, 0.2) is 0 Å². The number of nitrogens with one attached hydrogen (secondary N) is 2. The third-order valence-corrected chi connectivity index (χ3v) is 7.08. The number of hydrogen-bond acceptors (Lipinski definition) is 8. The van der Waals surface area contributed by atoms with Crippen LogP contribution in [0.15, 0.2) is 83.9 Å². The van der Waals surface area contributed by atoms with E-state index in [0.29, 0.717) is 42.5 Å². The number of nitrogens with zero attached hydrogens (tertiary/aromatic N) is 3. The molecule has 0 unspecified atom stereocenters. The van der Waals surface area contributed by atoms with Gasteiger partial charge in [0.25, 0.3) is 17.4 Å². The van der Waals surface area contributed by atoms with Crippen molar-refractivity contribution < 1.29 is 24.2 Å². The summed E-state index contributed by atoms with van der Waals surface area (Å²) in [6.07, 6.45) is 3.14. The van der Waals surface area contributed by atoms with Gasteiger partial charge in [0.1, 0.15) is 11.6 Å². The Kier molecular flexibility index (Phi) is 11.6. The first-order valence-corrected chi connectivity index (χ1v) is 14.2. The normalized spacial score (nSPS) is 11.0. The van der Waals surface area contributed by atoms with Crippen LogP contribution in [0.5, 0.6) is 5.75 Å². The summed E-state index contributed by atoms with van der Waals surface area (Å²) in [6, 6.07) is 17.5. The number of carbonyl (C=O) groups is 2. The van der Waals surface area contributed by atoms with Crippen LogP contribution in [-0.2, 0) is 16.0 Å². The molecule has 0 fully saturated rings. The highest BCUT2D eigenvalue weighted by molar-refractivity contribution is 6.30. The van der Waals surface area contributed by atoms with Crippen LogP contribution in [0.4, 0.5) is 11.5 Å². The van der Waals surface area contributed by atoms with E-state index in [-0.39, 0.29) is 33.9 Å². The van der Waals surface area contributed by atoms with Crippen molar-refractivity contribution >= 4 is 34.9 Å². The third kappa shape index (κ3) is 8.51. The molecule has 0 spiro atoms. The Morgan fingerprint density at radius 3 is 2.30 bits per heavy atom. The minimum Gasteiger partial charge on any atom is -0.506 e. The van der Waals surface area contributed by atoms with Crippen LogP contribution in [-0.4, -0.2) is 78.4 Å². The van der Waals surface area contributed by atoms with E-state index in [1.54, 1.807) is 61.4 Å². The Morgan fingerprint density at radius 2 is 1.64 bits per heavy atom. The SMILES string of the molecule is COCCN(CCOC)CCn1cccc(-c2ccc(C(=O)Nc3c(O)cccc3C(=O)Nc3ccc(Cl)cn3)cc2)c1=O. The van der Waals surface area contributed by atoms with Crippen molar-refractivity contribution in [3.8, 4) is 16.9 Å². The quantitative estimate of drug-likeness (QED) is 0.177. The van der Waals surface area contributed by atoms with Gasteiger partial charge in [-0.25, -0.2) is 4.98 Å². The standard InChI is InChI=1S/C32H34ClN5O6/c1-43-19-17-37(18-20-44-2)15-16-38-14-4-6-25(32(38)42)22-8-10-23(11-9-22)30(40)36-29-26(5-3-7-27(29)39)31(41)35-28-13-12-24(33)21-34-28/h3-14,21,39H,15-20H2,1-2H3,(H,36,40)(H,34,35,41). The summed E-state index contributed by atoms with van der Waals surface area (Å²) < 4.78 is 12.1. The Bertz CT molecular complexity index is 1620. The number of rotatable bonds is 14. The first-order valence-electron chi connectivity index (χ1n) is 13.9. The van der Waals surface area contributed by atoms with E-state index in [4.69, 9.17) is 21.1 Å². The minimum absolute atomic E-state index is 0.0413. The van der Waals surface area contributed by atoms with Gasteiger partial charge in [-0.05, 0) is 54.1 Å². The first-order chi connectivity index (χ1) is 21.3. The van der Waals surface area contributed by atoms with Gasteiger partial charge in [-0.3, -0.25) is 19.3 Å². The lowest BCUT2D eigenvalue weighted by Gasteiger charge is -2.22. The zero-order valence-electron chi connectivity index (χ0n) is 24.5. The molecule has 230 valence electrons. The van der Waals surface area contributed by atoms with E-state index in [0.717, 1.165) is 13.1 Å². The van der Waals surface area contributed by atoms with Crippen molar-refractivity contribution in [2.45, 2.75) is 6.54 Å². The number of aromatic hydroxyl groups is 1. The summed E-state index contributed by atoms with van der Waals surface area (Å²) in [4.78, 5) is 45.6. The van der Waals surface area contributed by atoms with Crippen LogP contribution in [0.1, 0.15) is 20.7 Å². The topological polar surface area (TPSA) is 135 Å². The predicted octanol–water partition coefficient (Wildman–Crippen LogP) is 4.37. The molecule has 12 heteroatoms. The number of ether oxygens (including phenoxy) is 2. The molecule has 44 heavy (non-hydrogen) atoms. The maximum Gasteiger partial charge on any atom is 0.259 e. The van der Waals surface area contributed by atoms with Gasteiger partial charge in [-0.1, -0.05) is 29.8 Å². The van der Waals surface area contributed by atoms with Gasteiger partial charge < -0.3 is 29.8 Å². The van der Waals surface area contributed by atoms with Crippen LogP contribution in [0.3, 0.4) is 0 Å². The van der Waals surface area contributed by atoms with E-state index in [1.165, 1.54) is 30.5 Å². The molecule has 2 heterocycles. The number of benzene rings is 2. The molecule has 0 saturated heterocycles. The molecular formula is C32H34ClN5O6. The van der Waals surface area contributed by atoms with Gasteiger partial charge in [0.2, 0.25) is 0 Å². The molecule has 3 N–H and O–H groups in total. The number of phenols is 1. The fourth-order valence-corrected chi connectivity index (χ4v) is 4.55. The minimum atomic E-state index is -0.581. The average molecular weight is 620 g/mol. The summed E-state index contributed by atoms with van der Waals surface area (Å²) in [5, 5.41) is 16.1. The smallest absolute Gasteiger partial charge is 0.259 e. The number of hydrogen-bond donors (Lipinski definition) is 3. The van der Waals surface area contributed by atoms with Crippen LogP contribution in [0.2, 0.25) is 5.02 Å². The largest absolute Gasteiger partial charge is 0.506 e. The molecule has 0 bridgehead atoms. The number of anilines is 2. The molecule has 0 radical (unpaired) electrons. The van der Waals surface area contributed by atoms with Crippen LogP contribution >= 0.6 is 11.6 Å². The molecule has 2 amide bonds. The van der Waals surface area contributed by atoms with Gasteiger partial charge in [0.05, 0.1) is 29.5 Å². The predicted molar refractivity (Wildman–Crippen MR) is 170 cm³/mol. The Balaban J connectivity index is 1.47. The highest BCUT2D eigenvalue weighted by Gasteiger charge is 2.19. The number of methoxy groups -OCH3 is 2. The number of aromatic nitrogens is 2. The van der Waals surface area contributed by atoms with Gasteiger partial charge in [-0.2, -0.15) is 0 Å². The molecule has 0 atom stereocenters. The zero-order valence-corrected chi connectivity index (χ0v) is 25.2. The van der Waals surface area contributed by atoms with Crippen LogP contribution in [0.25, 0.3) is 11.1 Å². The second-order valence-electron chi connectivity index (χ2n) is 9.79. The molecule has 4 aromatic rings. The maximum absolute atomic E-state index is 13.3. The zero-order chi connectivity index (χ0) is 31.5. The van der Waals surface area contributed by atoms with Crippen molar-refractivity contribution in [3.05, 3.63) is 106 Å².